The number of morpholine rings is 1. The fourth-order valence-corrected chi connectivity index (χ4v) is 2.69. The summed E-state index contributed by atoms with van der Waals surface area (Å²) in [5, 5.41) is 6.32. The molecule has 4 nitrogen and oxygen atoms in total. The first kappa shape index (κ1) is 13.8. The van der Waals surface area contributed by atoms with Crippen LogP contribution in [0.1, 0.15) is 39.5 Å². The number of carbonyl (C=O) groups excluding carboxylic acids is 1. The molecule has 1 saturated carbocycles. The molecular formula is C14H26N2O2. The lowest BCUT2D eigenvalue weighted by atomic mass is 9.67. The standard InChI is InChI=1S/C14H26N2O2/c1-14(2,11-4-3-5-11)10-16-13(17)8-12-9-15-6-7-18-12/h11-12,15H,3-10H2,1-2H3,(H,16,17). The summed E-state index contributed by atoms with van der Waals surface area (Å²) in [4.78, 5) is 11.9. The molecule has 1 unspecified atom stereocenters. The second kappa shape index (κ2) is 6.02. The molecule has 0 aromatic carbocycles. The SMILES string of the molecule is CC(C)(CNC(=O)CC1CNCCO1)C1CCC1. The molecule has 4 heteroatoms. The van der Waals surface area contributed by atoms with Crippen LogP contribution < -0.4 is 10.6 Å². The smallest absolute Gasteiger partial charge is 0.222 e. The van der Waals surface area contributed by atoms with Crippen LogP contribution in [0.2, 0.25) is 0 Å². The number of amides is 1. The number of carbonyl (C=O) groups is 1. The van der Waals surface area contributed by atoms with Crippen LogP contribution in [0.15, 0.2) is 0 Å². The zero-order chi connectivity index (χ0) is 13.0. The Balaban J connectivity index is 1.67. The molecule has 104 valence electrons. The maximum absolute atomic E-state index is 11.9. The summed E-state index contributed by atoms with van der Waals surface area (Å²) in [6.07, 6.45) is 4.51. The predicted octanol–water partition coefficient (Wildman–Crippen LogP) is 1.31. The lowest BCUT2D eigenvalue weighted by Gasteiger charge is -2.40. The van der Waals surface area contributed by atoms with Gasteiger partial charge in [-0.15, -0.1) is 0 Å². The van der Waals surface area contributed by atoms with Crippen LogP contribution in [-0.4, -0.2) is 38.3 Å². The fraction of sp³-hybridized carbons (Fsp3) is 0.929. The zero-order valence-corrected chi connectivity index (χ0v) is 11.6. The largest absolute Gasteiger partial charge is 0.375 e. The lowest BCUT2D eigenvalue weighted by molar-refractivity contribution is -0.125. The molecule has 1 aliphatic carbocycles. The second-order valence-corrected chi connectivity index (χ2v) is 6.29. The summed E-state index contributed by atoms with van der Waals surface area (Å²) < 4.78 is 5.54. The van der Waals surface area contributed by atoms with Crippen molar-refractivity contribution in [3.8, 4) is 0 Å². The number of ether oxygens (including phenoxy) is 1. The molecule has 0 bridgehead atoms. The minimum atomic E-state index is 0.0468. The van der Waals surface area contributed by atoms with Gasteiger partial charge in [-0.3, -0.25) is 4.79 Å². The van der Waals surface area contributed by atoms with Crippen molar-refractivity contribution in [2.75, 3.05) is 26.2 Å². The van der Waals surface area contributed by atoms with E-state index in [4.69, 9.17) is 4.74 Å². The molecular weight excluding hydrogens is 228 g/mol. The van der Waals surface area contributed by atoms with E-state index in [0.29, 0.717) is 13.0 Å². The molecule has 1 aliphatic heterocycles. The van der Waals surface area contributed by atoms with Crippen LogP contribution >= 0.6 is 0 Å². The highest BCUT2D eigenvalue weighted by molar-refractivity contribution is 5.76. The number of nitrogens with one attached hydrogen (secondary N) is 2. The Bertz CT molecular complexity index is 282. The molecule has 1 amide bonds. The van der Waals surface area contributed by atoms with E-state index in [2.05, 4.69) is 24.5 Å². The third kappa shape index (κ3) is 3.69. The van der Waals surface area contributed by atoms with E-state index in [1.807, 2.05) is 0 Å². The maximum atomic E-state index is 11.9. The van der Waals surface area contributed by atoms with E-state index in [1.54, 1.807) is 0 Å². The van der Waals surface area contributed by atoms with E-state index < -0.39 is 0 Å². The molecule has 2 N–H and O–H groups in total. The first-order chi connectivity index (χ1) is 8.58. The van der Waals surface area contributed by atoms with Gasteiger partial charge >= 0.3 is 0 Å². The van der Waals surface area contributed by atoms with Gasteiger partial charge in [0.05, 0.1) is 19.1 Å². The summed E-state index contributed by atoms with van der Waals surface area (Å²) in [5.74, 6) is 0.904. The molecule has 2 fully saturated rings. The quantitative estimate of drug-likeness (QED) is 0.777. The minimum Gasteiger partial charge on any atom is -0.375 e. The van der Waals surface area contributed by atoms with Crippen molar-refractivity contribution < 1.29 is 9.53 Å². The van der Waals surface area contributed by atoms with Gasteiger partial charge in [0.2, 0.25) is 5.91 Å². The summed E-state index contributed by atoms with van der Waals surface area (Å²) >= 11 is 0. The van der Waals surface area contributed by atoms with E-state index in [1.165, 1.54) is 19.3 Å². The molecule has 0 aromatic heterocycles. The van der Waals surface area contributed by atoms with Crippen LogP contribution in [0.25, 0.3) is 0 Å². The van der Waals surface area contributed by atoms with Crippen molar-refractivity contribution in [2.45, 2.75) is 45.6 Å². The zero-order valence-electron chi connectivity index (χ0n) is 11.6. The van der Waals surface area contributed by atoms with Crippen molar-refractivity contribution in [3.05, 3.63) is 0 Å². The summed E-state index contributed by atoms with van der Waals surface area (Å²) in [6.45, 7) is 7.71. The van der Waals surface area contributed by atoms with Crippen LogP contribution in [-0.2, 0) is 9.53 Å². The van der Waals surface area contributed by atoms with Gasteiger partial charge < -0.3 is 15.4 Å². The number of hydrogen-bond donors (Lipinski definition) is 2. The fourth-order valence-electron chi connectivity index (χ4n) is 2.69. The Morgan fingerprint density at radius 3 is 2.78 bits per heavy atom. The molecule has 18 heavy (non-hydrogen) atoms. The number of rotatable bonds is 5. The van der Waals surface area contributed by atoms with Crippen molar-refractivity contribution >= 4 is 5.91 Å². The van der Waals surface area contributed by atoms with Crippen LogP contribution in [0, 0.1) is 11.3 Å². The first-order valence-electron chi connectivity index (χ1n) is 7.17. The molecule has 1 heterocycles. The maximum Gasteiger partial charge on any atom is 0.222 e. The summed E-state index contributed by atoms with van der Waals surface area (Å²) in [5.41, 5.74) is 0.236. The topological polar surface area (TPSA) is 50.4 Å². The van der Waals surface area contributed by atoms with Gasteiger partial charge in [0.15, 0.2) is 0 Å². The lowest BCUT2D eigenvalue weighted by Crippen LogP contribution is -2.44. The molecule has 1 atom stereocenters. The van der Waals surface area contributed by atoms with Crippen molar-refractivity contribution in [1.29, 1.82) is 0 Å². The highest BCUT2D eigenvalue weighted by Crippen LogP contribution is 2.41. The Morgan fingerprint density at radius 1 is 1.44 bits per heavy atom. The minimum absolute atomic E-state index is 0.0468. The number of hydrogen-bond acceptors (Lipinski definition) is 3. The second-order valence-electron chi connectivity index (χ2n) is 6.29. The van der Waals surface area contributed by atoms with Gasteiger partial charge in [-0.25, -0.2) is 0 Å². The van der Waals surface area contributed by atoms with Gasteiger partial charge in [-0.1, -0.05) is 20.3 Å². The summed E-state index contributed by atoms with van der Waals surface area (Å²) in [6, 6.07) is 0. The Hall–Kier alpha value is -0.610. The van der Waals surface area contributed by atoms with E-state index in [9.17, 15) is 4.79 Å². The molecule has 2 rings (SSSR count). The predicted molar refractivity (Wildman–Crippen MR) is 71.4 cm³/mol. The van der Waals surface area contributed by atoms with Gasteiger partial charge in [0.25, 0.3) is 0 Å². The van der Waals surface area contributed by atoms with E-state index in [0.717, 1.165) is 25.6 Å². The van der Waals surface area contributed by atoms with Crippen LogP contribution in [0.4, 0.5) is 0 Å². The third-order valence-corrected chi connectivity index (χ3v) is 4.37. The molecule has 0 spiro atoms. The molecule has 0 aromatic rings. The highest BCUT2D eigenvalue weighted by Gasteiger charge is 2.34. The average molecular weight is 254 g/mol. The molecule has 1 saturated heterocycles. The van der Waals surface area contributed by atoms with Crippen molar-refractivity contribution in [2.24, 2.45) is 11.3 Å². The Kier molecular flexibility index (Phi) is 4.62. The van der Waals surface area contributed by atoms with Gasteiger partial charge in [0.1, 0.15) is 0 Å². The van der Waals surface area contributed by atoms with Crippen molar-refractivity contribution in [3.63, 3.8) is 0 Å². The third-order valence-electron chi connectivity index (χ3n) is 4.37. The monoisotopic (exact) mass is 254 g/mol. The van der Waals surface area contributed by atoms with Gasteiger partial charge in [-0.2, -0.15) is 0 Å². The highest BCUT2D eigenvalue weighted by atomic mass is 16.5. The molecule has 2 aliphatic rings. The van der Waals surface area contributed by atoms with Gasteiger partial charge in [-0.05, 0) is 24.2 Å². The summed E-state index contributed by atoms with van der Waals surface area (Å²) in [7, 11) is 0. The van der Waals surface area contributed by atoms with Crippen molar-refractivity contribution in [1.82, 2.24) is 10.6 Å². The average Bonchev–Trinajstić information content (AvgIpc) is 2.25. The van der Waals surface area contributed by atoms with Gasteiger partial charge in [0, 0.05) is 19.6 Å². The van der Waals surface area contributed by atoms with E-state index >= 15 is 0 Å². The molecule has 0 radical (unpaired) electrons. The van der Waals surface area contributed by atoms with Crippen LogP contribution in [0.5, 0.6) is 0 Å². The Morgan fingerprint density at radius 2 is 2.22 bits per heavy atom. The van der Waals surface area contributed by atoms with Crippen LogP contribution in [0.3, 0.4) is 0 Å². The van der Waals surface area contributed by atoms with E-state index in [-0.39, 0.29) is 17.4 Å². The first-order valence-corrected chi connectivity index (χ1v) is 7.17. The normalized spacial score (nSPS) is 25.6. The Labute approximate surface area is 110 Å².